The zero-order valence-electron chi connectivity index (χ0n) is 14.2. The van der Waals surface area contributed by atoms with Crippen LogP contribution < -0.4 is 9.47 Å². The smallest absolute Gasteiger partial charge is 0.240 e. The molecule has 1 aliphatic heterocycles. The number of sulfone groups is 1. The van der Waals surface area contributed by atoms with Gasteiger partial charge < -0.3 is 14.0 Å². The van der Waals surface area contributed by atoms with Gasteiger partial charge in [-0.15, -0.1) is 0 Å². The monoisotopic (exact) mass is 367 g/mol. The van der Waals surface area contributed by atoms with Crippen molar-refractivity contribution in [2.75, 3.05) is 25.7 Å². The van der Waals surface area contributed by atoms with Crippen LogP contribution in [-0.2, 0) is 23.0 Å². The van der Waals surface area contributed by atoms with Gasteiger partial charge in [0.1, 0.15) is 11.5 Å². The lowest BCUT2D eigenvalue weighted by atomic mass is 10.2. The van der Waals surface area contributed by atoms with Crippen LogP contribution >= 0.6 is 0 Å². The summed E-state index contributed by atoms with van der Waals surface area (Å²) in [5, 5.41) is 3.89. The van der Waals surface area contributed by atoms with Gasteiger partial charge in [0.05, 0.1) is 25.2 Å². The van der Waals surface area contributed by atoms with E-state index in [-0.39, 0.29) is 24.2 Å². The van der Waals surface area contributed by atoms with Crippen LogP contribution in [0.2, 0.25) is 0 Å². The van der Waals surface area contributed by atoms with Crippen molar-refractivity contribution >= 4 is 9.84 Å². The fraction of sp³-hybridized carbons (Fsp3) is 0.500. The van der Waals surface area contributed by atoms with Gasteiger partial charge in [-0.2, -0.15) is 4.98 Å². The van der Waals surface area contributed by atoms with E-state index in [4.69, 9.17) is 14.0 Å². The highest BCUT2D eigenvalue weighted by molar-refractivity contribution is 7.91. The SMILES string of the molecule is COc1ccc(OCc2noc(CN(C)[C@H]3CCS(=O)(=O)C3)n2)cc1. The van der Waals surface area contributed by atoms with Gasteiger partial charge in [-0.25, -0.2) is 8.42 Å². The van der Waals surface area contributed by atoms with Crippen LogP contribution in [0, 0.1) is 0 Å². The third kappa shape index (κ3) is 4.70. The van der Waals surface area contributed by atoms with Crippen molar-refractivity contribution in [1.29, 1.82) is 0 Å². The predicted molar refractivity (Wildman–Crippen MR) is 90.1 cm³/mol. The van der Waals surface area contributed by atoms with E-state index in [9.17, 15) is 8.42 Å². The number of hydrogen-bond donors (Lipinski definition) is 0. The molecule has 1 aliphatic rings. The minimum Gasteiger partial charge on any atom is -0.497 e. The molecule has 0 bridgehead atoms. The number of rotatable bonds is 7. The second-order valence-corrected chi connectivity index (χ2v) is 8.27. The Labute approximate surface area is 146 Å². The highest BCUT2D eigenvalue weighted by Crippen LogP contribution is 2.19. The van der Waals surface area contributed by atoms with Gasteiger partial charge in [0.25, 0.3) is 0 Å². The third-order valence-electron chi connectivity index (χ3n) is 4.15. The maximum atomic E-state index is 11.6. The molecule has 1 saturated heterocycles. The van der Waals surface area contributed by atoms with Gasteiger partial charge >= 0.3 is 0 Å². The largest absolute Gasteiger partial charge is 0.497 e. The predicted octanol–water partition coefficient (Wildman–Crippen LogP) is 1.28. The Bertz CT molecular complexity index is 803. The summed E-state index contributed by atoms with van der Waals surface area (Å²) in [6.07, 6.45) is 0.639. The van der Waals surface area contributed by atoms with Crippen LogP contribution in [0.15, 0.2) is 28.8 Å². The van der Waals surface area contributed by atoms with Crippen LogP contribution in [0.3, 0.4) is 0 Å². The highest BCUT2D eigenvalue weighted by Gasteiger charge is 2.31. The standard InChI is InChI=1S/C16H21N3O5S/c1-19(12-7-8-25(20,21)11-12)9-16-17-15(18-24-16)10-23-14-5-3-13(22-2)4-6-14/h3-6,12H,7-11H2,1-2H3/t12-/m0/s1. The molecule has 0 saturated carbocycles. The van der Waals surface area contributed by atoms with E-state index in [1.165, 1.54) is 0 Å². The summed E-state index contributed by atoms with van der Waals surface area (Å²) >= 11 is 0. The number of hydrogen-bond acceptors (Lipinski definition) is 8. The summed E-state index contributed by atoms with van der Waals surface area (Å²) in [6, 6.07) is 7.21. The molecule has 0 unspecified atom stereocenters. The van der Waals surface area contributed by atoms with E-state index in [1.807, 2.05) is 24.1 Å². The van der Waals surface area contributed by atoms with E-state index in [2.05, 4.69) is 10.1 Å². The molecular weight excluding hydrogens is 346 g/mol. The lowest BCUT2D eigenvalue weighted by molar-refractivity contribution is 0.217. The fourth-order valence-electron chi connectivity index (χ4n) is 2.70. The number of nitrogens with zero attached hydrogens (tertiary/aromatic N) is 3. The highest BCUT2D eigenvalue weighted by atomic mass is 32.2. The van der Waals surface area contributed by atoms with Crippen LogP contribution in [0.4, 0.5) is 0 Å². The molecule has 0 radical (unpaired) electrons. The molecule has 136 valence electrons. The molecule has 0 spiro atoms. The molecule has 1 fully saturated rings. The van der Waals surface area contributed by atoms with Crippen molar-refractivity contribution in [1.82, 2.24) is 15.0 Å². The first-order chi connectivity index (χ1) is 11.9. The fourth-order valence-corrected chi connectivity index (χ4v) is 4.50. The van der Waals surface area contributed by atoms with Crippen LogP contribution in [0.1, 0.15) is 18.1 Å². The Morgan fingerprint density at radius 1 is 1.28 bits per heavy atom. The molecule has 1 aromatic carbocycles. The van der Waals surface area contributed by atoms with Crippen molar-refractivity contribution in [3.63, 3.8) is 0 Å². The number of aromatic nitrogens is 2. The molecule has 3 rings (SSSR count). The van der Waals surface area contributed by atoms with Crippen molar-refractivity contribution < 1.29 is 22.4 Å². The first-order valence-corrected chi connectivity index (χ1v) is 9.76. The van der Waals surface area contributed by atoms with Crippen molar-refractivity contribution in [3.8, 4) is 11.5 Å². The minimum absolute atomic E-state index is 0.00380. The van der Waals surface area contributed by atoms with Crippen LogP contribution in [0.5, 0.6) is 11.5 Å². The zero-order chi connectivity index (χ0) is 17.9. The molecule has 2 aromatic rings. The zero-order valence-corrected chi connectivity index (χ0v) is 15.0. The van der Waals surface area contributed by atoms with Gasteiger partial charge in [0.2, 0.25) is 11.7 Å². The maximum Gasteiger partial charge on any atom is 0.240 e. The quantitative estimate of drug-likeness (QED) is 0.722. The van der Waals surface area contributed by atoms with Crippen LogP contribution in [-0.4, -0.2) is 55.2 Å². The van der Waals surface area contributed by atoms with E-state index in [0.717, 1.165) is 5.75 Å². The molecule has 0 amide bonds. The Hall–Kier alpha value is -2.13. The lowest BCUT2D eigenvalue weighted by Gasteiger charge is -2.20. The van der Waals surface area contributed by atoms with Crippen molar-refractivity contribution in [3.05, 3.63) is 36.0 Å². The van der Waals surface area contributed by atoms with Gasteiger partial charge in [0, 0.05) is 6.04 Å². The molecule has 1 aromatic heterocycles. The Morgan fingerprint density at radius 2 is 2.00 bits per heavy atom. The van der Waals surface area contributed by atoms with Gasteiger partial charge in [0.15, 0.2) is 16.4 Å². The van der Waals surface area contributed by atoms with Gasteiger partial charge in [-0.3, -0.25) is 4.90 Å². The molecule has 1 atom stereocenters. The Kier molecular flexibility index (Phi) is 5.24. The van der Waals surface area contributed by atoms with Gasteiger partial charge in [-0.05, 0) is 37.7 Å². The molecule has 25 heavy (non-hydrogen) atoms. The number of benzene rings is 1. The number of ether oxygens (including phenoxy) is 2. The first kappa shape index (κ1) is 17.7. The first-order valence-electron chi connectivity index (χ1n) is 7.94. The molecule has 0 N–H and O–H groups in total. The van der Waals surface area contributed by atoms with E-state index in [0.29, 0.717) is 30.4 Å². The average molecular weight is 367 g/mol. The third-order valence-corrected chi connectivity index (χ3v) is 5.90. The lowest BCUT2D eigenvalue weighted by Crippen LogP contribution is -2.32. The van der Waals surface area contributed by atoms with E-state index in [1.54, 1.807) is 19.2 Å². The Morgan fingerprint density at radius 3 is 2.64 bits per heavy atom. The second kappa shape index (κ2) is 7.40. The Balaban J connectivity index is 1.51. The maximum absolute atomic E-state index is 11.6. The molecule has 0 aliphatic carbocycles. The van der Waals surface area contributed by atoms with E-state index >= 15 is 0 Å². The van der Waals surface area contributed by atoms with Gasteiger partial charge in [-0.1, -0.05) is 5.16 Å². The summed E-state index contributed by atoms with van der Waals surface area (Å²) in [5.74, 6) is 2.75. The summed E-state index contributed by atoms with van der Waals surface area (Å²) in [7, 11) is 0.561. The second-order valence-electron chi connectivity index (χ2n) is 6.04. The topological polar surface area (TPSA) is 94.8 Å². The van der Waals surface area contributed by atoms with Crippen molar-refractivity contribution in [2.24, 2.45) is 0 Å². The summed E-state index contributed by atoms with van der Waals surface area (Å²) < 4.78 is 39.0. The molecular formula is C16H21N3O5S. The average Bonchev–Trinajstić information content (AvgIpc) is 3.19. The van der Waals surface area contributed by atoms with E-state index < -0.39 is 9.84 Å². The molecule has 9 heteroatoms. The molecule has 8 nitrogen and oxygen atoms in total. The summed E-state index contributed by atoms with van der Waals surface area (Å²) in [4.78, 5) is 6.22. The van der Waals surface area contributed by atoms with Crippen LogP contribution in [0.25, 0.3) is 0 Å². The number of methoxy groups -OCH3 is 1. The minimum atomic E-state index is -2.91. The normalized spacial score (nSPS) is 19.2. The molecule has 2 heterocycles. The summed E-state index contributed by atoms with van der Waals surface area (Å²) in [6.45, 7) is 0.604. The summed E-state index contributed by atoms with van der Waals surface area (Å²) in [5.41, 5.74) is 0. The van der Waals surface area contributed by atoms with Crippen molar-refractivity contribution in [2.45, 2.75) is 25.6 Å².